The normalized spacial score (nSPS) is 11.3. The maximum absolute atomic E-state index is 12.2. The Morgan fingerprint density at radius 2 is 1.92 bits per heavy atom. The van der Waals surface area contributed by atoms with Gasteiger partial charge in [-0.25, -0.2) is 4.79 Å². The number of furan rings is 1. The Hall–Kier alpha value is -3.26. The molecule has 26 heavy (non-hydrogen) atoms. The lowest BCUT2D eigenvalue weighted by molar-refractivity contribution is 0.00668. The number of hydrogen-bond acceptors (Lipinski definition) is 5. The molecule has 5 nitrogen and oxygen atoms in total. The highest BCUT2D eigenvalue weighted by molar-refractivity contribution is 5.97. The van der Waals surface area contributed by atoms with Crippen molar-refractivity contribution < 1.29 is 19.1 Å². The fraction of sp³-hybridized carbons (Fsp3) is 0.238. The van der Waals surface area contributed by atoms with Gasteiger partial charge in [0.15, 0.2) is 0 Å². The third-order valence-electron chi connectivity index (χ3n) is 3.80. The molecule has 0 amide bonds. The minimum absolute atomic E-state index is 0.0898. The Morgan fingerprint density at radius 3 is 2.54 bits per heavy atom. The molecule has 0 aliphatic heterocycles. The van der Waals surface area contributed by atoms with Gasteiger partial charge < -0.3 is 14.3 Å². The van der Waals surface area contributed by atoms with Crippen molar-refractivity contribution in [3.63, 3.8) is 0 Å². The summed E-state index contributed by atoms with van der Waals surface area (Å²) in [6.07, 6.45) is 0. The van der Waals surface area contributed by atoms with E-state index >= 15 is 0 Å². The third-order valence-corrected chi connectivity index (χ3v) is 3.80. The zero-order valence-corrected chi connectivity index (χ0v) is 15.1. The first-order valence-corrected chi connectivity index (χ1v) is 8.19. The second-order valence-electron chi connectivity index (χ2n) is 7.14. The lowest BCUT2D eigenvalue weighted by atomic mass is 9.99. The van der Waals surface area contributed by atoms with Gasteiger partial charge >= 0.3 is 5.97 Å². The second-order valence-corrected chi connectivity index (χ2v) is 7.14. The maximum atomic E-state index is 12.2. The van der Waals surface area contributed by atoms with E-state index < -0.39 is 11.6 Å². The van der Waals surface area contributed by atoms with E-state index in [0.29, 0.717) is 22.3 Å². The van der Waals surface area contributed by atoms with Crippen molar-refractivity contribution in [2.24, 2.45) is 0 Å². The molecule has 0 bridgehead atoms. The highest BCUT2D eigenvalue weighted by atomic mass is 16.6. The standard InChI is InChI=1S/C21H19NO4/c1-12-7-15-8-13(11-22)9-17(19(15)25-12)14-5-6-16(18(23)10-14)20(24)26-21(2,3)4/h5-10,23H,1-4H3. The summed E-state index contributed by atoms with van der Waals surface area (Å²) >= 11 is 0. The Balaban J connectivity index is 2.09. The topological polar surface area (TPSA) is 83.5 Å². The van der Waals surface area contributed by atoms with Gasteiger partial charge in [-0.2, -0.15) is 5.26 Å². The summed E-state index contributed by atoms with van der Waals surface area (Å²) in [5.41, 5.74) is 1.88. The fourth-order valence-electron chi connectivity index (χ4n) is 2.77. The summed E-state index contributed by atoms with van der Waals surface area (Å²) in [5.74, 6) is -0.0483. The Morgan fingerprint density at radius 1 is 1.19 bits per heavy atom. The number of carbonyl (C=O) groups excluding carboxylic acids is 1. The first-order valence-electron chi connectivity index (χ1n) is 8.19. The molecular weight excluding hydrogens is 330 g/mol. The van der Waals surface area contributed by atoms with E-state index in [1.54, 1.807) is 39.0 Å². The van der Waals surface area contributed by atoms with Gasteiger partial charge in [-0.3, -0.25) is 0 Å². The maximum Gasteiger partial charge on any atom is 0.342 e. The number of fused-ring (bicyclic) bond motifs is 1. The van der Waals surface area contributed by atoms with E-state index in [0.717, 1.165) is 11.1 Å². The number of nitrogens with zero attached hydrogens (tertiary/aromatic N) is 1. The van der Waals surface area contributed by atoms with Crippen molar-refractivity contribution in [1.82, 2.24) is 0 Å². The summed E-state index contributed by atoms with van der Waals surface area (Å²) in [4.78, 5) is 12.2. The lowest BCUT2D eigenvalue weighted by Gasteiger charge is -2.20. The highest BCUT2D eigenvalue weighted by Crippen LogP contribution is 2.35. The van der Waals surface area contributed by atoms with Crippen LogP contribution in [0.3, 0.4) is 0 Å². The molecule has 0 atom stereocenters. The van der Waals surface area contributed by atoms with Crippen molar-refractivity contribution in [3.8, 4) is 22.9 Å². The van der Waals surface area contributed by atoms with E-state index in [1.165, 1.54) is 12.1 Å². The third kappa shape index (κ3) is 3.40. The number of benzene rings is 2. The summed E-state index contributed by atoms with van der Waals surface area (Å²) < 4.78 is 11.1. The zero-order chi connectivity index (χ0) is 19.1. The van der Waals surface area contributed by atoms with Crippen LogP contribution in [0.4, 0.5) is 0 Å². The highest BCUT2D eigenvalue weighted by Gasteiger charge is 2.21. The molecule has 1 N–H and O–H groups in total. The van der Waals surface area contributed by atoms with Gasteiger partial charge in [-0.15, -0.1) is 0 Å². The van der Waals surface area contributed by atoms with Crippen LogP contribution in [-0.2, 0) is 4.74 Å². The molecule has 0 saturated heterocycles. The van der Waals surface area contributed by atoms with Gasteiger partial charge in [0.25, 0.3) is 0 Å². The number of carbonyl (C=O) groups is 1. The van der Waals surface area contributed by atoms with Crippen molar-refractivity contribution in [2.75, 3.05) is 0 Å². The molecule has 0 aliphatic rings. The van der Waals surface area contributed by atoms with Gasteiger partial charge in [0.05, 0.1) is 11.6 Å². The van der Waals surface area contributed by atoms with E-state index in [9.17, 15) is 15.2 Å². The van der Waals surface area contributed by atoms with Crippen LogP contribution < -0.4 is 0 Å². The van der Waals surface area contributed by atoms with Crippen LogP contribution in [0.1, 0.15) is 42.5 Å². The molecule has 1 heterocycles. The molecular formula is C21H19NO4. The van der Waals surface area contributed by atoms with Crippen molar-refractivity contribution >= 4 is 16.9 Å². The summed E-state index contributed by atoms with van der Waals surface area (Å²) in [7, 11) is 0. The Bertz CT molecular complexity index is 1050. The molecule has 5 heteroatoms. The predicted octanol–water partition coefficient (Wildman–Crippen LogP) is 4.94. The number of phenols is 1. The largest absolute Gasteiger partial charge is 0.507 e. The SMILES string of the molecule is Cc1cc2cc(C#N)cc(-c3ccc(C(=O)OC(C)(C)C)c(O)c3)c2o1. The van der Waals surface area contributed by atoms with E-state index in [4.69, 9.17) is 9.15 Å². The molecule has 0 unspecified atom stereocenters. The second kappa shape index (κ2) is 6.23. The fourth-order valence-corrected chi connectivity index (χ4v) is 2.77. The average molecular weight is 349 g/mol. The smallest absolute Gasteiger partial charge is 0.342 e. The summed E-state index contributed by atoms with van der Waals surface area (Å²) in [5, 5.41) is 20.4. The summed E-state index contributed by atoms with van der Waals surface area (Å²) in [6.45, 7) is 7.12. The molecule has 0 radical (unpaired) electrons. The molecule has 0 saturated carbocycles. The predicted molar refractivity (Wildman–Crippen MR) is 97.9 cm³/mol. The minimum atomic E-state index is -0.652. The molecule has 3 aromatic rings. The molecule has 0 fully saturated rings. The van der Waals surface area contributed by atoms with Gasteiger partial charge in [0, 0.05) is 10.9 Å². The van der Waals surface area contributed by atoms with Crippen molar-refractivity contribution in [2.45, 2.75) is 33.3 Å². The Kier molecular flexibility index (Phi) is 4.21. The first kappa shape index (κ1) is 17.6. The molecule has 2 aromatic carbocycles. The van der Waals surface area contributed by atoms with E-state index in [-0.39, 0.29) is 11.3 Å². The van der Waals surface area contributed by atoms with Crippen LogP contribution in [0, 0.1) is 18.3 Å². The van der Waals surface area contributed by atoms with Crippen LogP contribution in [0.25, 0.3) is 22.1 Å². The van der Waals surface area contributed by atoms with Crippen LogP contribution >= 0.6 is 0 Å². The van der Waals surface area contributed by atoms with E-state index in [2.05, 4.69) is 6.07 Å². The number of aromatic hydroxyl groups is 1. The molecule has 0 aliphatic carbocycles. The lowest BCUT2D eigenvalue weighted by Crippen LogP contribution is -2.23. The van der Waals surface area contributed by atoms with Crippen molar-refractivity contribution in [1.29, 1.82) is 5.26 Å². The first-order chi connectivity index (χ1) is 12.2. The van der Waals surface area contributed by atoms with Crippen LogP contribution in [0.5, 0.6) is 5.75 Å². The minimum Gasteiger partial charge on any atom is -0.507 e. The van der Waals surface area contributed by atoms with Crippen LogP contribution in [0.15, 0.2) is 40.8 Å². The number of ether oxygens (including phenoxy) is 1. The zero-order valence-electron chi connectivity index (χ0n) is 15.1. The number of aryl methyl sites for hydroxylation is 1. The number of esters is 1. The van der Waals surface area contributed by atoms with Crippen molar-refractivity contribution in [3.05, 3.63) is 53.3 Å². The van der Waals surface area contributed by atoms with Gasteiger partial charge in [-0.05, 0) is 63.6 Å². The number of hydrogen-bond donors (Lipinski definition) is 1. The van der Waals surface area contributed by atoms with Gasteiger partial charge in [0.2, 0.25) is 0 Å². The van der Waals surface area contributed by atoms with Gasteiger partial charge in [0.1, 0.15) is 28.3 Å². The molecule has 132 valence electrons. The average Bonchev–Trinajstić information content (AvgIpc) is 2.91. The number of phenolic OH excluding ortho intramolecular Hbond substituents is 1. The van der Waals surface area contributed by atoms with Crippen LogP contribution in [-0.4, -0.2) is 16.7 Å². The van der Waals surface area contributed by atoms with E-state index in [1.807, 2.05) is 13.0 Å². The molecule has 3 rings (SSSR count). The number of nitriles is 1. The quantitative estimate of drug-likeness (QED) is 0.662. The monoisotopic (exact) mass is 349 g/mol. The molecule has 0 spiro atoms. The van der Waals surface area contributed by atoms with Crippen LogP contribution in [0.2, 0.25) is 0 Å². The molecule has 1 aromatic heterocycles. The van der Waals surface area contributed by atoms with Gasteiger partial charge in [-0.1, -0.05) is 6.07 Å². The number of rotatable bonds is 2. The summed E-state index contributed by atoms with van der Waals surface area (Å²) in [6, 6.07) is 12.1. The Labute approximate surface area is 151 Å².